The molecule has 0 spiro atoms. The second-order valence-electron chi connectivity index (χ2n) is 10.9. The van der Waals surface area contributed by atoms with Crippen LogP contribution >= 0.6 is 0 Å². The molecule has 3 N–H and O–H groups in total. The smallest absolute Gasteiger partial charge is 0.253 e. The van der Waals surface area contributed by atoms with E-state index in [0.717, 1.165) is 38.3 Å². The Bertz CT molecular complexity index is 742. The number of oxime groups is 1. The van der Waals surface area contributed by atoms with Gasteiger partial charge in [0.15, 0.2) is 0 Å². The van der Waals surface area contributed by atoms with E-state index in [-0.39, 0.29) is 11.7 Å². The lowest BCUT2D eigenvalue weighted by atomic mass is 10.0. The first kappa shape index (κ1) is 31.1. The van der Waals surface area contributed by atoms with Crippen LogP contribution in [-0.4, -0.2) is 59.5 Å². The molecule has 1 heterocycles. The first-order chi connectivity index (χ1) is 18.1. The molecule has 0 unspecified atom stereocenters. The number of hydrogen-bond donors (Lipinski definition) is 2. The standard InChI is InChI=1S/C31H54N4O2/c1-2-3-4-5-6-7-8-9-10-11-12-13-14-15-16-17-22-34-23-25-35(26-24-34)31(36)29-20-18-28(19-21-29)27-30(32)33-37/h18-21,37H,2-17,22-27H2,1H3,(H2,32,33). The van der Waals surface area contributed by atoms with Crippen molar-refractivity contribution in [2.45, 2.75) is 116 Å². The topological polar surface area (TPSA) is 82.2 Å². The lowest BCUT2D eigenvalue weighted by Gasteiger charge is -2.34. The summed E-state index contributed by atoms with van der Waals surface area (Å²) in [7, 11) is 0. The number of carbonyl (C=O) groups excluding carboxylic acids is 1. The molecule has 210 valence electrons. The van der Waals surface area contributed by atoms with Crippen molar-refractivity contribution in [2.75, 3.05) is 32.7 Å². The number of piperazine rings is 1. The van der Waals surface area contributed by atoms with Crippen molar-refractivity contribution in [1.29, 1.82) is 0 Å². The average molecular weight is 515 g/mol. The molecule has 6 nitrogen and oxygen atoms in total. The molecule has 1 saturated heterocycles. The maximum Gasteiger partial charge on any atom is 0.253 e. The second-order valence-corrected chi connectivity index (χ2v) is 10.9. The highest BCUT2D eigenvalue weighted by Crippen LogP contribution is 2.15. The number of unbranched alkanes of at least 4 members (excludes halogenated alkanes) is 15. The number of amidine groups is 1. The van der Waals surface area contributed by atoms with Crippen molar-refractivity contribution in [3.05, 3.63) is 35.4 Å². The van der Waals surface area contributed by atoms with Gasteiger partial charge in [0, 0.05) is 38.2 Å². The quantitative estimate of drug-likeness (QED) is 0.0645. The summed E-state index contributed by atoms with van der Waals surface area (Å²) in [6.07, 6.45) is 22.8. The van der Waals surface area contributed by atoms with Crippen molar-refractivity contribution in [3.63, 3.8) is 0 Å². The summed E-state index contributed by atoms with van der Waals surface area (Å²) >= 11 is 0. The van der Waals surface area contributed by atoms with Crippen LogP contribution in [0, 0.1) is 0 Å². The zero-order valence-electron chi connectivity index (χ0n) is 23.6. The van der Waals surface area contributed by atoms with Crippen molar-refractivity contribution in [2.24, 2.45) is 10.9 Å². The Balaban J connectivity index is 1.42. The van der Waals surface area contributed by atoms with Crippen molar-refractivity contribution < 1.29 is 10.0 Å². The zero-order valence-corrected chi connectivity index (χ0v) is 23.6. The third-order valence-electron chi connectivity index (χ3n) is 7.70. The predicted octanol–water partition coefficient (Wildman–Crippen LogP) is 6.99. The van der Waals surface area contributed by atoms with E-state index in [0.29, 0.717) is 12.0 Å². The SMILES string of the molecule is CCCCCCCCCCCCCCCCCCN1CCN(C(=O)c2ccc(C/C(N)=N/O)cc2)CC1. The van der Waals surface area contributed by atoms with Gasteiger partial charge in [-0.1, -0.05) is 121 Å². The molecule has 0 aromatic heterocycles. The fraction of sp³-hybridized carbons (Fsp3) is 0.742. The van der Waals surface area contributed by atoms with E-state index in [4.69, 9.17) is 10.9 Å². The largest absolute Gasteiger partial charge is 0.409 e. The van der Waals surface area contributed by atoms with Crippen LogP contribution in [0.5, 0.6) is 0 Å². The molecule has 0 saturated carbocycles. The normalized spacial score (nSPS) is 14.8. The minimum absolute atomic E-state index is 0.0948. The van der Waals surface area contributed by atoms with Crippen LogP contribution in [-0.2, 0) is 6.42 Å². The molecule has 1 aliphatic rings. The molecule has 0 atom stereocenters. The first-order valence-electron chi connectivity index (χ1n) is 15.2. The van der Waals surface area contributed by atoms with E-state index in [2.05, 4.69) is 17.0 Å². The number of amides is 1. The van der Waals surface area contributed by atoms with Gasteiger partial charge in [-0.15, -0.1) is 0 Å². The molecular weight excluding hydrogens is 460 g/mol. The summed E-state index contributed by atoms with van der Waals surface area (Å²) in [6.45, 7) is 6.96. The van der Waals surface area contributed by atoms with Crippen LogP contribution < -0.4 is 5.73 Å². The molecular formula is C31H54N4O2. The van der Waals surface area contributed by atoms with Crippen LogP contribution in [0.2, 0.25) is 0 Å². The van der Waals surface area contributed by atoms with E-state index in [1.54, 1.807) is 0 Å². The highest BCUT2D eigenvalue weighted by atomic mass is 16.4. The van der Waals surface area contributed by atoms with Crippen LogP contribution in [0.3, 0.4) is 0 Å². The molecule has 1 aromatic carbocycles. The minimum Gasteiger partial charge on any atom is -0.409 e. The Morgan fingerprint density at radius 2 is 1.22 bits per heavy atom. The zero-order chi connectivity index (χ0) is 26.6. The average Bonchev–Trinajstić information content (AvgIpc) is 2.93. The van der Waals surface area contributed by atoms with E-state index in [9.17, 15) is 4.79 Å². The second kappa shape index (κ2) is 20.0. The van der Waals surface area contributed by atoms with Crippen molar-refractivity contribution in [3.8, 4) is 0 Å². The Kier molecular flexibility index (Phi) is 16.8. The maximum absolute atomic E-state index is 12.8. The molecule has 1 aromatic rings. The molecule has 1 fully saturated rings. The molecule has 1 amide bonds. The van der Waals surface area contributed by atoms with Gasteiger partial charge in [-0.05, 0) is 30.7 Å². The third-order valence-corrected chi connectivity index (χ3v) is 7.70. The van der Waals surface area contributed by atoms with Gasteiger partial charge in [-0.2, -0.15) is 0 Å². The first-order valence-corrected chi connectivity index (χ1v) is 15.2. The lowest BCUT2D eigenvalue weighted by molar-refractivity contribution is 0.0635. The van der Waals surface area contributed by atoms with Gasteiger partial charge in [0.25, 0.3) is 5.91 Å². The van der Waals surface area contributed by atoms with Gasteiger partial charge in [0.05, 0.1) is 0 Å². The van der Waals surface area contributed by atoms with Crippen LogP contribution in [0.1, 0.15) is 126 Å². The van der Waals surface area contributed by atoms with Gasteiger partial charge in [-0.25, -0.2) is 0 Å². The Hall–Kier alpha value is -2.08. The number of hydrogen-bond acceptors (Lipinski definition) is 4. The van der Waals surface area contributed by atoms with Gasteiger partial charge in [-0.3, -0.25) is 9.69 Å². The summed E-state index contributed by atoms with van der Waals surface area (Å²) in [5.41, 5.74) is 7.19. The molecule has 1 aliphatic heterocycles. The summed E-state index contributed by atoms with van der Waals surface area (Å²) in [5.74, 6) is 0.261. The fourth-order valence-corrected chi connectivity index (χ4v) is 5.25. The van der Waals surface area contributed by atoms with Gasteiger partial charge < -0.3 is 15.8 Å². The van der Waals surface area contributed by atoms with Crippen molar-refractivity contribution >= 4 is 11.7 Å². The third kappa shape index (κ3) is 13.9. The number of nitrogens with two attached hydrogens (primary N) is 1. The highest BCUT2D eigenvalue weighted by molar-refractivity contribution is 5.94. The molecule has 0 bridgehead atoms. The number of carbonyl (C=O) groups is 1. The van der Waals surface area contributed by atoms with Crippen LogP contribution in [0.15, 0.2) is 29.4 Å². The Morgan fingerprint density at radius 3 is 1.68 bits per heavy atom. The molecule has 2 rings (SSSR count). The van der Waals surface area contributed by atoms with Crippen molar-refractivity contribution in [1.82, 2.24) is 9.80 Å². The van der Waals surface area contributed by atoms with E-state index >= 15 is 0 Å². The molecule has 0 aliphatic carbocycles. The monoisotopic (exact) mass is 514 g/mol. The summed E-state index contributed by atoms with van der Waals surface area (Å²) in [6, 6.07) is 7.42. The van der Waals surface area contributed by atoms with Crippen LogP contribution in [0.4, 0.5) is 0 Å². The number of benzene rings is 1. The van der Waals surface area contributed by atoms with E-state index < -0.39 is 0 Å². The number of nitrogens with zero attached hydrogens (tertiary/aromatic N) is 3. The molecule has 37 heavy (non-hydrogen) atoms. The summed E-state index contributed by atoms with van der Waals surface area (Å²) in [4.78, 5) is 17.3. The molecule has 0 radical (unpaired) electrons. The summed E-state index contributed by atoms with van der Waals surface area (Å²) in [5, 5.41) is 11.7. The highest BCUT2D eigenvalue weighted by Gasteiger charge is 2.21. The Labute approximate surface area is 226 Å². The van der Waals surface area contributed by atoms with E-state index in [1.165, 1.54) is 103 Å². The molecule has 6 heteroatoms. The van der Waals surface area contributed by atoms with Crippen LogP contribution in [0.25, 0.3) is 0 Å². The van der Waals surface area contributed by atoms with Gasteiger partial charge in [0.1, 0.15) is 5.84 Å². The summed E-state index contributed by atoms with van der Waals surface area (Å²) < 4.78 is 0. The van der Waals surface area contributed by atoms with Gasteiger partial charge in [0.2, 0.25) is 0 Å². The maximum atomic E-state index is 12.8. The number of rotatable bonds is 20. The fourth-order valence-electron chi connectivity index (χ4n) is 5.25. The minimum atomic E-state index is 0.0948. The van der Waals surface area contributed by atoms with Gasteiger partial charge >= 0.3 is 0 Å². The Morgan fingerprint density at radius 1 is 0.757 bits per heavy atom. The lowest BCUT2D eigenvalue weighted by Crippen LogP contribution is -2.48. The predicted molar refractivity (Wildman–Crippen MR) is 155 cm³/mol. The van der Waals surface area contributed by atoms with E-state index in [1.807, 2.05) is 29.2 Å².